The van der Waals surface area contributed by atoms with Gasteiger partial charge < -0.3 is 10.1 Å². The lowest BCUT2D eigenvalue weighted by Crippen LogP contribution is -2.45. The number of hydrogen-bond acceptors (Lipinski definition) is 2. The number of halogens is 2. The van der Waals surface area contributed by atoms with Gasteiger partial charge in [0.2, 0.25) is 5.91 Å². The third-order valence-electron chi connectivity index (χ3n) is 4.05. The van der Waals surface area contributed by atoms with Crippen molar-refractivity contribution in [1.29, 1.82) is 0 Å². The van der Waals surface area contributed by atoms with Crippen molar-refractivity contribution < 1.29 is 13.9 Å². The van der Waals surface area contributed by atoms with Gasteiger partial charge in [-0.3, -0.25) is 4.79 Å². The van der Waals surface area contributed by atoms with Gasteiger partial charge in [-0.25, -0.2) is 4.39 Å². The maximum Gasteiger partial charge on any atom is 0.224 e. The summed E-state index contributed by atoms with van der Waals surface area (Å²) in [5.41, 5.74) is 0.737. The van der Waals surface area contributed by atoms with E-state index in [1.165, 1.54) is 18.6 Å². The summed E-state index contributed by atoms with van der Waals surface area (Å²) in [6.07, 6.45) is 3.53. The number of hydrogen-bond donors (Lipinski definition) is 1. The van der Waals surface area contributed by atoms with E-state index in [-0.39, 0.29) is 22.8 Å². The predicted octanol–water partition coefficient (Wildman–Crippen LogP) is 3.34. The fourth-order valence-corrected chi connectivity index (χ4v) is 2.79. The van der Waals surface area contributed by atoms with Crippen LogP contribution in [0.4, 0.5) is 4.39 Å². The molecular weight excluding hydrogens is 293 g/mol. The minimum atomic E-state index is -0.394. The Labute approximate surface area is 129 Å². The largest absolute Gasteiger partial charge is 0.381 e. The Hall–Kier alpha value is -1.13. The van der Waals surface area contributed by atoms with Crippen molar-refractivity contribution in [3.8, 4) is 0 Å². The van der Waals surface area contributed by atoms with Gasteiger partial charge in [0.25, 0.3) is 0 Å². The highest BCUT2D eigenvalue weighted by Crippen LogP contribution is 2.40. The third kappa shape index (κ3) is 4.42. The monoisotopic (exact) mass is 313 g/mol. The van der Waals surface area contributed by atoms with E-state index in [1.54, 1.807) is 6.07 Å². The van der Waals surface area contributed by atoms with E-state index in [0.29, 0.717) is 25.3 Å². The van der Waals surface area contributed by atoms with Crippen LogP contribution in [0, 0.1) is 11.2 Å². The molecule has 5 heteroatoms. The lowest BCUT2D eigenvalue weighted by atomic mass is 9.69. The van der Waals surface area contributed by atoms with E-state index >= 15 is 0 Å². The van der Waals surface area contributed by atoms with E-state index < -0.39 is 5.82 Å². The summed E-state index contributed by atoms with van der Waals surface area (Å²) in [4.78, 5) is 12.0. The van der Waals surface area contributed by atoms with Crippen LogP contribution in [0.3, 0.4) is 0 Å². The third-order valence-corrected chi connectivity index (χ3v) is 4.41. The van der Waals surface area contributed by atoms with Crippen LogP contribution in [0.15, 0.2) is 18.2 Å². The van der Waals surface area contributed by atoms with Crippen molar-refractivity contribution >= 4 is 17.5 Å². The Morgan fingerprint density at radius 2 is 2.24 bits per heavy atom. The minimum Gasteiger partial charge on any atom is -0.381 e. The second-order valence-electron chi connectivity index (χ2n) is 5.68. The second-order valence-corrected chi connectivity index (χ2v) is 6.09. The van der Waals surface area contributed by atoms with Crippen molar-refractivity contribution in [3.63, 3.8) is 0 Å². The number of ether oxygens (including phenoxy) is 1. The molecule has 21 heavy (non-hydrogen) atoms. The van der Waals surface area contributed by atoms with Crippen molar-refractivity contribution in [2.24, 2.45) is 5.41 Å². The molecule has 1 saturated carbocycles. The van der Waals surface area contributed by atoms with Gasteiger partial charge in [-0.05, 0) is 37.5 Å². The van der Waals surface area contributed by atoms with Crippen molar-refractivity contribution in [2.45, 2.75) is 32.6 Å². The molecule has 0 unspecified atom stereocenters. The molecule has 0 saturated heterocycles. The molecule has 0 atom stereocenters. The molecule has 0 radical (unpaired) electrons. The first-order valence-electron chi connectivity index (χ1n) is 7.33. The summed E-state index contributed by atoms with van der Waals surface area (Å²) in [5.74, 6) is -0.486. The molecular formula is C16H21ClFNO2. The molecule has 2 rings (SSSR count). The van der Waals surface area contributed by atoms with Crippen LogP contribution in [0.2, 0.25) is 5.02 Å². The molecule has 116 valence electrons. The van der Waals surface area contributed by atoms with Crippen LogP contribution >= 0.6 is 11.6 Å². The second kappa shape index (κ2) is 7.23. The molecule has 0 aliphatic heterocycles. The number of benzene rings is 1. The lowest BCUT2D eigenvalue weighted by Gasteiger charge is -2.41. The van der Waals surface area contributed by atoms with Crippen molar-refractivity contribution in [1.82, 2.24) is 5.32 Å². The Morgan fingerprint density at radius 3 is 2.81 bits per heavy atom. The number of amides is 1. The maximum atomic E-state index is 13.0. The average molecular weight is 314 g/mol. The van der Waals surface area contributed by atoms with Crippen LogP contribution in [-0.2, 0) is 16.0 Å². The molecule has 1 aliphatic carbocycles. The Kier molecular flexibility index (Phi) is 5.59. The predicted molar refractivity (Wildman–Crippen MR) is 80.9 cm³/mol. The molecule has 1 aliphatic rings. The van der Waals surface area contributed by atoms with Crippen molar-refractivity contribution in [3.05, 3.63) is 34.6 Å². The van der Waals surface area contributed by atoms with E-state index in [9.17, 15) is 9.18 Å². The summed E-state index contributed by atoms with van der Waals surface area (Å²) < 4.78 is 18.5. The first-order valence-corrected chi connectivity index (χ1v) is 7.71. The topological polar surface area (TPSA) is 38.3 Å². The molecule has 3 nitrogen and oxygen atoms in total. The standard InChI is InChI=1S/C16H21ClFNO2/c1-2-21-11-16(6-3-7-16)10-19-15(20)8-12-4-5-13(18)9-14(12)17/h4-5,9H,2-3,6-8,10-11H2,1H3,(H,19,20). The van der Waals surface area contributed by atoms with Gasteiger partial charge in [0, 0.05) is 23.6 Å². The van der Waals surface area contributed by atoms with Gasteiger partial charge in [0.1, 0.15) is 5.82 Å². The zero-order valence-corrected chi connectivity index (χ0v) is 13.0. The van der Waals surface area contributed by atoms with Gasteiger partial charge in [0.15, 0.2) is 0 Å². The van der Waals surface area contributed by atoms with Gasteiger partial charge in [-0.15, -0.1) is 0 Å². The molecule has 0 spiro atoms. The highest BCUT2D eigenvalue weighted by Gasteiger charge is 2.37. The number of nitrogens with one attached hydrogen (secondary N) is 1. The minimum absolute atomic E-state index is 0.0914. The molecule has 0 aromatic heterocycles. The van der Waals surface area contributed by atoms with Crippen LogP contribution in [-0.4, -0.2) is 25.7 Å². The van der Waals surface area contributed by atoms with Gasteiger partial charge in [-0.1, -0.05) is 24.1 Å². The smallest absolute Gasteiger partial charge is 0.224 e. The van der Waals surface area contributed by atoms with Crippen LogP contribution in [0.5, 0.6) is 0 Å². The van der Waals surface area contributed by atoms with E-state index in [0.717, 1.165) is 12.8 Å². The van der Waals surface area contributed by atoms with Crippen molar-refractivity contribution in [2.75, 3.05) is 19.8 Å². The van der Waals surface area contributed by atoms with Crippen LogP contribution in [0.25, 0.3) is 0 Å². The van der Waals surface area contributed by atoms with Crippen LogP contribution < -0.4 is 5.32 Å². The van der Waals surface area contributed by atoms with E-state index in [1.807, 2.05) is 6.92 Å². The Morgan fingerprint density at radius 1 is 1.48 bits per heavy atom. The zero-order chi connectivity index (χ0) is 15.3. The zero-order valence-electron chi connectivity index (χ0n) is 12.3. The summed E-state index contributed by atoms with van der Waals surface area (Å²) in [6.45, 7) is 3.99. The summed E-state index contributed by atoms with van der Waals surface area (Å²) in [6, 6.07) is 4.10. The number of carbonyl (C=O) groups is 1. The number of carbonyl (C=O) groups excluding carboxylic acids is 1. The fourth-order valence-electron chi connectivity index (χ4n) is 2.55. The fraction of sp³-hybridized carbons (Fsp3) is 0.562. The summed E-state index contributed by atoms with van der Waals surface area (Å²) in [5, 5.41) is 3.24. The molecule has 1 aromatic carbocycles. The molecule has 1 amide bonds. The quantitative estimate of drug-likeness (QED) is 0.838. The van der Waals surface area contributed by atoms with Gasteiger partial charge >= 0.3 is 0 Å². The molecule has 1 aromatic rings. The SMILES string of the molecule is CCOCC1(CNC(=O)Cc2ccc(F)cc2Cl)CCC1. The first kappa shape index (κ1) is 16.2. The highest BCUT2D eigenvalue weighted by atomic mass is 35.5. The molecule has 1 fully saturated rings. The van der Waals surface area contributed by atoms with E-state index in [2.05, 4.69) is 5.32 Å². The van der Waals surface area contributed by atoms with Gasteiger partial charge in [-0.2, -0.15) is 0 Å². The summed E-state index contributed by atoms with van der Waals surface area (Å²) >= 11 is 5.93. The van der Waals surface area contributed by atoms with Gasteiger partial charge in [0.05, 0.1) is 13.0 Å². The normalized spacial score (nSPS) is 16.3. The van der Waals surface area contributed by atoms with Crippen LogP contribution in [0.1, 0.15) is 31.7 Å². The molecule has 1 N–H and O–H groups in total. The average Bonchev–Trinajstić information content (AvgIpc) is 2.40. The maximum absolute atomic E-state index is 13.0. The molecule has 0 bridgehead atoms. The summed E-state index contributed by atoms with van der Waals surface area (Å²) in [7, 11) is 0. The lowest BCUT2D eigenvalue weighted by molar-refractivity contribution is -0.121. The Bertz CT molecular complexity index is 503. The number of rotatable bonds is 7. The molecule has 0 heterocycles. The Balaban J connectivity index is 1.84. The van der Waals surface area contributed by atoms with E-state index in [4.69, 9.17) is 16.3 Å². The highest BCUT2D eigenvalue weighted by molar-refractivity contribution is 6.31. The first-order chi connectivity index (χ1) is 10.0.